The van der Waals surface area contributed by atoms with Gasteiger partial charge in [-0.25, -0.2) is 18.7 Å². The van der Waals surface area contributed by atoms with Gasteiger partial charge in [0.25, 0.3) is 0 Å². The summed E-state index contributed by atoms with van der Waals surface area (Å²) < 4.78 is 32.2. The normalized spacial score (nSPS) is 10.4. The lowest BCUT2D eigenvalue weighted by Gasteiger charge is -2.13. The minimum Gasteiger partial charge on any atom is -0.494 e. The van der Waals surface area contributed by atoms with Crippen molar-refractivity contribution in [1.82, 2.24) is 9.97 Å². The van der Waals surface area contributed by atoms with E-state index in [1.807, 2.05) is 31.2 Å². The Hall–Kier alpha value is -3.42. The van der Waals surface area contributed by atoms with E-state index in [1.165, 1.54) is 12.4 Å². The molecule has 0 unspecified atom stereocenters. The van der Waals surface area contributed by atoms with Crippen molar-refractivity contribution in [3.8, 4) is 5.75 Å². The molecule has 3 aromatic rings. The molecule has 0 amide bonds. The first-order chi connectivity index (χ1) is 12.6. The second kappa shape index (κ2) is 7.64. The molecule has 0 spiro atoms. The van der Waals surface area contributed by atoms with E-state index in [2.05, 4.69) is 20.6 Å². The average Bonchev–Trinajstić information content (AvgIpc) is 2.62. The molecule has 1 aromatic heterocycles. The Labute approximate surface area is 149 Å². The van der Waals surface area contributed by atoms with Crippen LogP contribution in [0.4, 0.5) is 37.5 Å². The van der Waals surface area contributed by atoms with E-state index in [9.17, 15) is 8.78 Å². The summed E-state index contributed by atoms with van der Waals surface area (Å²) in [4.78, 5) is 8.11. The lowest BCUT2D eigenvalue weighted by atomic mass is 10.2. The molecule has 6 nitrogen and oxygen atoms in total. The largest absolute Gasteiger partial charge is 0.494 e. The van der Waals surface area contributed by atoms with E-state index < -0.39 is 11.6 Å². The summed E-state index contributed by atoms with van der Waals surface area (Å²) in [6.07, 6.45) is 1.29. The smallest absolute Gasteiger partial charge is 0.159 e. The third kappa shape index (κ3) is 3.97. The van der Waals surface area contributed by atoms with E-state index in [0.29, 0.717) is 12.4 Å². The Bertz CT molecular complexity index is 903. The maximum absolute atomic E-state index is 13.8. The molecule has 0 aliphatic heterocycles. The average molecular weight is 357 g/mol. The van der Waals surface area contributed by atoms with Crippen molar-refractivity contribution in [2.75, 3.05) is 23.0 Å². The van der Waals surface area contributed by atoms with Gasteiger partial charge in [0.05, 0.1) is 12.3 Å². The van der Waals surface area contributed by atoms with Crippen molar-refractivity contribution in [1.29, 1.82) is 0 Å². The molecule has 4 N–H and O–H groups in total. The van der Waals surface area contributed by atoms with Crippen LogP contribution in [0, 0.1) is 11.6 Å². The van der Waals surface area contributed by atoms with E-state index in [0.717, 1.165) is 23.6 Å². The predicted octanol–water partition coefficient (Wildman–Crippen LogP) is 4.22. The van der Waals surface area contributed by atoms with Gasteiger partial charge in [0, 0.05) is 11.8 Å². The Kier molecular flexibility index (Phi) is 5.12. The summed E-state index contributed by atoms with van der Waals surface area (Å²) >= 11 is 0. The minimum absolute atomic E-state index is 0.0591. The molecule has 134 valence electrons. The van der Waals surface area contributed by atoms with Gasteiger partial charge in [-0.2, -0.15) is 0 Å². The van der Waals surface area contributed by atoms with Crippen molar-refractivity contribution in [2.24, 2.45) is 0 Å². The topological polar surface area (TPSA) is 85.1 Å². The Morgan fingerprint density at radius 1 is 1.00 bits per heavy atom. The monoisotopic (exact) mass is 357 g/mol. The van der Waals surface area contributed by atoms with Crippen LogP contribution in [0.5, 0.6) is 5.75 Å². The third-order valence-electron chi connectivity index (χ3n) is 3.50. The molecule has 0 bridgehead atoms. The zero-order valence-corrected chi connectivity index (χ0v) is 14.0. The van der Waals surface area contributed by atoms with Crippen LogP contribution in [0.1, 0.15) is 6.92 Å². The third-order valence-corrected chi connectivity index (χ3v) is 3.50. The molecule has 0 saturated heterocycles. The summed E-state index contributed by atoms with van der Waals surface area (Å²) in [5, 5.41) is 5.81. The van der Waals surface area contributed by atoms with Crippen LogP contribution in [0.25, 0.3) is 0 Å². The maximum atomic E-state index is 13.8. The highest BCUT2D eigenvalue weighted by Crippen LogP contribution is 2.29. The molecule has 0 aliphatic rings. The lowest BCUT2D eigenvalue weighted by molar-refractivity contribution is 0.340. The van der Waals surface area contributed by atoms with Gasteiger partial charge >= 0.3 is 0 Å². The van der Waals surface area contributed by atoms with Gasteiger partial charge in [-0.1, -0.05) is 0 Å². The first kappa shape index (κ1) is 17.4. The molecule has 0 radical (unpaired) electrons. The SMILES string of the molecule is CCOc1ccc(Nc2ncnc(Nc3ccc(F)cc3F)c2N)cc1. The number of anilines is 5. The number of nitrogen functional groups attached to an aromatic ring is 1. The summed E-state index contributed by atoms with van der Waals surface area (Å²) in [5.41, 5.74) is 7.07. The van der Waals surface area contributed by atoms with Crippen molar-refractivity contribution in [2.45, 2.75) is 6.92 Å². The van der Waals surface area contributed by atoms with Gasteiger partial charge in [0.1, 0.15) is 29.4 Å². The van der Waals surface area contributed by atoms with Crippen LogP contribution in [0.2, 0.25) is 0 Å². The number of ether oxygens (including phenoxy) is 1. The highest BCUT2D eigenvalue weighted by atomic mass is 19.1. The fourth-order valence-corrected chi connectivity index (χ4v) is 2.25. The highest BCUT2D eigenvalue weighted by Gasteiger charge is 2.11. The molecular formula is C18H17F2N5O. The van der Waals surface area contributed by atoms with Crippen molar-refractivity contribution >= 4 is 28.7 Å². The van der Waals surface area contributed by atoms with Gasteiger partial charge in [-0.3, -0.25) is 0 Å². The molecule has 0 aliphatic carbocycles. The second-order valence-electron chi connectivity index (χ2n) is 5.32. The van der Waals surface area contributed by atoms with E-state index in [4.69, 9.17) is 10.5 Å². The number of rotatable bonds is 6. The van der Waals surface area contributed by atoms with Crippen LogP contribution in [0.15, 0.2) is 48.8 Å². The first-order valence-corrected chi connectivity index (χ1v) is 7.89. The molecule has 0 fully saturated rings. The quantitative estimate of drug-likeness (QED) is 0.612. The van der Waals surface area contributed by atoms with E-state index in [1.54, 1.807) is 0 Å². The van der Waals surface area contributed by atoms with E-state index in [-0.39, 0.29) is 17.2 Å². The molecule has 3 rings (SSSR count). The fraction of sp³-hybridized carbons (Fsp3) is 0.111. The minimum atomic E-state index is -0.746. The summed E-state index contributed by atoms with van der Waals surface area (Å²) in [6, 6.07) is 10.5. The second-order valence-corrected chi connectivity index (χ2v) is 5.32. The lowest BCUT2D eigenvalue weighted by Crippen LogP contribution is -2.06. The Morgan fingerprint density at radius 2 is 1.69 bits per heavy atom. The maximum Gasteiger partial charge on any atom is 0.159 e. The van der Waals surface area contributed by atoms with Crippen molar-refractivity contribution < 1.29 is 13.5 Å². The molecule has 26 heavy (non-hydrogen) atoms. The molecular weight excluding hydrogens is 340 g/mol. The Morgan fingerprint density at radius 3 is 2.35 bits per heavy atom. The molecule has 1 heterocycles. The van der Waals surface area contributed by atoms with E-state index >= 15 is 0 Å². The number of hydrogen-bond acceptors (Lipinski definition) is 6. The van der Waals surface area contributed by atoms with Gasteiger partial charge < -0.3 is 21.1 Å². The number of aromatic nitrogens is 2. The fourth-order valence-electron chi connectivity index (χ4n) is 2.25. The molecule has 8 heteroatoms. The highest BCUT2D eigenvalue weighted by molar-refractivity contribution is 5.80. The standard InChI is InChI=1S/C18H17F2N5O/c1-2-26-13-6-4-12(5-7-13)24-17-16(21)18(23-10-22-17)25-15-8-3-11(19)9-14(15)20/h3-10H,2,21H2,1H3,(H2,22,23,24,25). The first-order valence-electron chi connectivity index (χ1n) is 7.89. The van der Waals surface area contributed by atoms with Gasteiger partial charge in [0.15, 0.2) is 11.6 Å². The number of nitrogens with zero attached hydrogens (tertiary/aromatic N) is 2. The van der Waals surface area contributed by atoms with Crippen molar-refractivity contribution in [3.05, 3.63) is 60.4 Å². The number of nitrogens with two attached hydrogens (primary N) is 1. The van der Waals surface area contributed by atoms with Crippen LogP contribution < -0.4 is 21.1 Å². The van der Waals surface area contributed by atoms with Crippen LogP contribution in [-0.4, -0.2) is 16.6 Å². The van der Waals surface area contributed by atoms with Gasteiger partial charge in [-0.15, -0.1) is 0 Å². The summed E-state index contributed by atoms with van der Waals surface area (Å²) in [6.45, 7) is 2.49. The van der Waals surface area contributed by atoms with Crippen molar-refractivity contribution in [3.63, 3.8) is 0 Å². The summed E-state index contributed by atoms with van der Waals surface area (Å²) in [7, 11) is 0. The summed E-state index contributed by atoms with van der Waals surface area (Å²) in [5.74, 6) is -0.0958. The molecule has 0 atom stereocenters. The molecule has 2 aromatic carbocycles. The van der Waals surface area contributed by atoms with Gasteiger partial charge in [-0.05, 0) is 43.3 Å². The zero-order chi connectivity index (χ0) is 18.5. The number of nitrogens with one attached hydrogen (secondary N) is 2. The molecule has 0 saturated carbocycles. The van der Waals surface area contributed by atoms with Crippen LogP contribution in [-0.2, 0) is 0 Å². The van der Waals surface area contributed by atoms with Crippen LogP contribution in [0.3, 0.4) is 0 Å². The van der Waals surface area contributed by atoms with Gasteiger partial charge in [0.2, 0.25) is 0 Å². The number of benzene rings is 2. The Balaban J connectivity index is 1.80. The zero-order valence-electron chi connectivity index (χ0n) is 14.0. The number of halogens is 2. The van der Waals surface area contributed by atoms with Crippen LogP contribution >= 0.6 is 0 Å². The predicted molar refractivity (Wildman–Crippen MR) is 97.0 cm³/mol. The number of hydrogen-bond donors (Lipinski definition) is 3.